The number of aliphatic carboxylic acids is 1. The maximum atomic E-state index is 10.5. The second-order valence-corrected chi connectivity index (χ2v) is 3.91. The van der Waals surface area contributed by atoms with E-state index in [9.17, 15) is 4.79 Å². The fourth-order valence-electron chi connectivity index (χ4n) is 1.67. The first kappa shape index (κ1) is 13.4. The zero-order valence-corrected chi connectivity index (χ0v) is 10.6. The van der Waals surface area contributed by atoms with Crippen LogP contribution in [0, 0.1) is 0 Å². The van der Waals surface area contributed by atoms with Crippen LogP contribution in [0.5, 0.6) is 5.75 Å². The van der Waals surface area contributed by atoms with Gasteiger partial charge < -0.3 is 14.7 Å². The summed E-state index contributed by atoms with van der Waals surface area (Å²) in [6, 6.07) is 5.91. The minimum absolute atomic E-state index is 0.143. The number of carbonyl (C=O) groups is 1. The van der Waals surface area contributed by atoms with Crippen molar-refractivity contribution in [2.75, 3.05) is 25.6 Å². The van der Waals surface area contributed by atoms with E-state index in [2.05, 4.69) is 6.92 Å². The maximum absolute atomic E-state index is 10.5. The molecule has 1 aromatic rings. The van der Waals surface area contributed by atoms with Crippen LogP contribution < -0.4 is 9.64 Å². The van der Waals surface area contributed by atoms with E-state index >= 15 is 0 Å². The molecular weight excluding hydrogens is 218 g/mol. The van der Waals surface area contributed by atoms with Crippen molar-refractivity contribution in [3.8, 4) is 5.75 Å². The molecule has 0 heterocycles. The number of nitrogens with zero attached hydrogens (tertiary/aromatic N) is 1. The molecule has 17 heavy (non-hydrogen) atoms. The zero-order valence-electron chi connectivity index (χ0n) is 10.6. The van der Waals surface area contributed by atoms with Gasteiger partial charge in [-0.1, -0.05) is 6.92 Å². The molecule has 0 aromatic heterocycles. The fraction of sp³-hybridized carbons (Fsp3) is 0.462. The van der Waals surface area contributed by atoms with Gasteiger partial charge in [-0.2, -0.15) is 0 Å². The average Bonchev–Trinajstić information content (AvgIpc) is 2.34. The Labute approximate surface area is 102 Å². The molecule has 0 saturated carbocycles. The summed E-state index contributed by atoms with van der Waals surface area (Å²) in [5.74, 6) is 0.101. The quantitative estimate of drug-likeness (QED) is 0.823. The highest BCUT2D eigenvalue weighted by Gasteiger charge is 2.07. The molecule has 0 bridgehead atoms. The van der Waals surface area contributed by atoms with Crippen molar-refractivity contribution in [1.29, 1.82) is 0 Å². The van der Waals surface area contributed by atoms with Gasteiger partial charge >= 0.3 is 5.97 Å². The summed E-state index contributed by atoms with van der Waals surface area (Å²) < 4.78 is 5.26. The molecule has 0 saturated heterocycles. The number of carboxylic acids is 1. The van der Waals surface area contributed by atoms with Crippen molar-refractivity contribution < 1.29 is 14.6 Å². The number of carboxylic acid groups (broad SMARTS) is 1. The van der Waals surface area contributed by atoms with E-state index in [1.807, 2.05) is 30.1 Å². The van der Waals surface area contributed by atoms with Crippen molar-refractivity contribution in [1.82, 2.24) is 0 Å². The number of benzene rings is 1. The predicted octanol–water partition coefficient (Wildman–Crippen LogP) is 2.17. The molecule has 0 spiro atoms. The number of hydrogen-bond acceptors (Lipinski definition) is 3. The van der Waals surface area contributed by atoms with Crippen molar-refractivity contribution >= 4 is 11.7 Å². The minimum atomic E-state index is -0.777. The van der Waals surface area contributed by atoms with Gasteiger partial charge in [0.05, 0.1) is 13.5 Å². The van der Waals surface area contributed by atoms with Gasteiger partial charge in [-0.15, -0.1) is 0 Å². The van der Waals surface area contributed by atoms with E-state index in [1.165, 1.54) is 0 Å². The van der Waals surface area contributed by atoms with Crippen LogP contribution in [-0.4, -0.2) is 31.8 Å². The highest BCUT2D eigenvalue weighted by atomic mass is 16.5. The SMILES string of the molecule is CCc1cc(N(C)CCC(=O)O)ccc1OC. The third-order valence-corrected chi connectivity index (χ3v) is 2.75. The number of aryl methyl sites for hydroxylation is 1. The Morgan fingerprint density at radius 2 is 2.18 bits per heavy atom. The summed E-state index contributed by atoms with van der Waals surface area (Å²) in [7, 11) is 3.55. The van der Waals surface area contributed by atoms with Crippen LogP contribution in [0.3, 0.4) is 0 Å². The molecular formula is C13H19NO3. The number of hydrogen-bond donors (Lipinski definition) is 1. The molecule has 1 aromatic carbocycles. The summed E-state index contributed by atoms with van der Waals surface area (Å²) in [5, 5.41) is 8.65. The Kier molecular flexibility index (Phi) is 4.82. The molecule has 4 nitrogen and oxygen atoms in total. The molecule has 0 unspecified atom stereocenters. The third kappa shape index (κ3) is 3.66. The van der Waals surface area contributed by atoms with Gasteiger partial charge in [0.15, 0.2) is 0 Å². The van der Waals surface area contributed by atoms with Crippen molar-refractivity contribution in [2.24, 2.45) is 0 Å². The summed E-state index contributed by atoms with van der Waals surface area (Å²) in [5.41, 5.74) is 2.15. The van der Waals surface area contributed by atoms with E-state index < -0.39 is 5.97 Å². The molecule has 0 atom stereocenters. The first-order valence-corrected chi connectivity index (χ1v) is 5.68. The lowest BCUT2D eigenvalue weighted by Gasteiger charge is -2.20. The van der Waals surface area contributed by atoms with Crippen molar-refractivity contribution in [3.63, 3.8) is 0 Å². The Morgan fingerprint density at radius 1 is 1.47 bits per heavy atom. The molecule has 1 N–H and O–H groups in total. The molecule has 0 fully saturated rings. The van der Waals surface area contributed by atoms with Crippen molar-refractivity contribution in [3.05, 3.63) is 23.8 Å². The second kappa shape index (κ2) is 6.13. The third-order valence-electron chi connectivity index (χ3n) is 2.75. The topological polar surface area (TPSA) is 49.8 Å². The van der Waals surface area contributed by atoms with Crippen LogP contribution in [0.1, 0.15) is 18.9 Å². The molecule has 1 rings (SSSR count). The lowest BCUT2D eigenvalue weighted by atomic mass is 10.1. The standard InChI is InChI=1S/C13H19NO3/c1-4-10-9-11(5-6-12(10)17-3)14(2)8-7-13(15)16/h5-6,9H,4,7-8H2,1-3H3,(H,15,16). The van der Waals surface area contributed by atoms with Gasteiger partial charge in [0.2, 0.25) is 0 Å². The summed E-state index contributed by atoms with van der Waals surface area (Å²) in [6.07, 6.45) is 1.04. The van der Waals surface area contributed by atoms with Gasteiger partial charge in [0.25, 0.3) is 0 Å². The highest BCUT2D eigenvalue weighted by molar-refractivity contribution is 5.67. The van der Waals surface area contributed by atoms with E-state index in [1.54, 1.807) is 7.11 Å². The van der Waals surface area contributed by atoms with Crippen LogP contribution in [-0.2, 0) is 11.2 Å². The van der Waals surface area contributed by atoms with E-state index in [0.29, 0.717) is 6.54 Å². The lowest BCUT2D eigenvalue weighted by Crippen LogP contribution is -2.21. The molecule has 0 amide bonds. The minimum Gasteiger partial charge on any atom is -0.496 e. The monoisotopic (exact) mass is 237 g/mol. The Balaban J connectivity index is 2.80. The summed E-state index contributed by atoms with van der Waals surface area (Å²) in [4.78, 5) is 12.4. The van der Waals surface area contributed by atoms with Gasteiger partial charge in [0.1, 0.15) is 5.75 Å². The first-order chi connectivity index (χ1) is 8.08. The van der Waals surface area contributed by atoms with Crippen LogP contribution in [0.25, 0.3) is 0 Å². The van der Waals surface area contributed by atoms with E-state index in [4.69, 9.17) is 9.84 Å². The molecule has 0 aliphatic heterocycles. The van der Waals surface area contributed by atoms with Gasteiger partial charge in [0, 0.05) is 19.3 Å². The van der Waals surface area contributed by atoms with Crippen LogP contribution >= 0.6 is 0 Å². The van der Waals surface area contributed by atoms with E-state index in [0.717, 1.165) is 23.4 Å². The Hall–Kier alpha value is -1.71. The number of rotatable bonds is 6. The second-order valence-electron chi connectivity index (χ2n) is 3.91. The lowest BCUT2D eigenvalue weighted by molar-refractivity contribution is -0.136. The largest absolute Gasteiger partial charge is 0.496 e. The van der Waals surface area contributed by atoms with Crippen molar-refractivity contribution in [2.45, 2.75) is 19.8 Å². The number of methoxy groups -OCH3 is 1. The molecule has 0 aliphatic carbocycles. The Bertz CT molecular complexity index is 390. The molecule has 94 valence electrons. The highest BCUT2D eigenvalue weighted by Crippen LogP contribution is 2.24. The van der Waals surface area contributed by atoms with Crippen LogP contribution in [0.15, 0.2) is 18.2 Å². The molecule has 0 radical (unpaired) electrons. The zero-order chi connectivity index (χ0) is 12.8. The summed E-state index contributed by atoms with van der Waals surface area (Å²) >= 11 is 0. The number of anilines is 1. The van der Waals surface area contributed by atoms with E-state index in [-0.39, 0.29) is 6.42 Å². The first-order valence-electron chi connectivity index (χ1n) is 5.68. The Morgan fingerprint density at radius 3 is 2.71 bits per heavy atom. The molecule has 0 aliphatic rings. The normalized spacial score (nSPS) is 10.1. The summed E-state index contributed by atoms with van der Waals surface area (Å²) in [6.45, 7) is 2.57. The predicted molar refractivity (Wildman–Crippen MR) is 67.9 cm³/mol. The van der Waals surface area contributed by atoms with Gasteiger partial charge in [-0.25, -0.2) is 0 Å². The van der Waals surface area contributed by atoms with Crippen LogP contribution in [0.2, 0.25) is 0 Å². The number of ether oxygens (including phenoxy) is 1. The van der Waals surface area contributed by atoms with Crippen LogP contribution in [0.4, 0.5) is 5.69 Å². The fourth-order valence-corrected chi connectivity index (χ4v) is 1.67. The average molecular weight is 237 g/mol. The maximum Gasteiger partial charge on any atom is 0.305 e. The molecule has 4 heteroatoms. The van der Waals surface area contributed by atoms with Gasteiger partial charge in [-0.3, -0.25) is 4.79 Å². The smallest absolute Gasteiger partial charge is 0.305 e. The van der Waals surface area contributed by atoms with Gasteiger partial charge in [-0.05, 0) is 30.2 Å².